The van der Waals surface area contributed by atoms with Gasteiger partial charge in [0.15, 0.2) is 0 Å². The Labute approximate surface area is 191 Å². The summed E-state index contributed by atoms with van der Waals surface area (Å²) in [5, 5.41) is 10.6. The van der Waals surface area contributed by atoms with E-state index in [0.29, 0.717) is 49.2 Å². The molecule has 170 valence electrons. The summed E-state index contributed by atoms with van der Waals surface area (Å²) in [5.41, 5.74) is 0. The molecule has 1 amide bonds. The van der Waals surface area contributed by atoms with Crippen LogP contribution in [0.15, 0.2) is 28.3 Å². The summed E-state index contributed by atoms with van der Waals surface area (Å²) < 4.78 is 32.9. The van der Waals surface area contributed by atoms with Crippen LogP contribution in [0.2, 0.25) is 5.02 Å². The maximum Gasteiger partial charge on any atom is 0.243 e. The Kier molecular flexibility index (Phi) is 8.20. The van der Waals surface area contributed by atoms with Crippen molar-refractivity contribution >= 4 is 39.3 Å². The van der Waals surface area contributed by atoms with E-state index in [1.54, 1.807) is 6.07 Å². The number of nitrogens with zero attached hydrogens (tertiary/aromatic N) is 3. The SMILES string of the molecule is CCOc1ccc(S(=O)(=O)N2CCCC(C(=O)NCCSc3n[nH]c(C)n3)C2)cc1Cl. The van der Waals surface area contributed by atoms with Gasteiger partial charge in [0, 0.05) is 25.4 Å². The second kappa shape index (κ2) is 10.7. The van der Waals surface area contributed by atoms with Crippen LogP contribution in [0.1, 0.15) is 25.6 Å². The number of piperidine rings is 1. The largest absolute Gasteiger partial charge is 0.492 e. The Balaban J connectivity index is 1.56. The van der Waals surface area contributed by atoms with Gasteiger partial charge in [-0.15, -0.1) is 5.10 Å². The number of H-pyrrole nitrogens is 1. The van der Waals surface area contributed by atoms with E-state index in [9.17, 15) is 13.2 Å². The van der Waals surface area contributed by atoms with E-state index < -0.39 is 15.9 Å². The quantitative estimate of drug-likeness (QED) is 0.412. The molecule has 1 saturated heterocycles. The second-order valence-corrected chi connectivity index (χ2v) is 10.5. The van der Waals surface area contributed by atoms with Gasteiger partial charge in [-0.25, -0.2) is 13.4 Å². The van der Waals surface area contributed by atoms with E-state index in [4.69, 9.17) is 16.3 Å². The minimum Gasteiger partial charge on any atom is -0.492 e. The van der Waals surface area contributed by atoms with Crippen LogP contribution in [0.25, 0.3) is 0 Å². The standard InChI is InChI=1S/C19H26ClN5O4S2/c1-3-29-17-7-6-15(11-16(17)20)31(27,28)25-9-4-5-14(12-25)18(26)21-8-10-30-19-22-13(2)23-24-19/h6-7,11,14H,3-5,8-10,12H2,1-2H3,(H,21,26)(H,22,23,24). The van der Waals surface area contributed by atoms with E-state index in [1.807, 2.05) is 13.8 Å². The first-order valence-corrected chi connectivity index (χ1v) is 12.8. The number of aromatic nitrogens is 3. The predicted octanol–water partition coefficient (Wildman–Crippen LogP) is 2.47. The number of rotatable bonds is 9. The van der Waals surface area contributed by atoms with E-state index in [0.717, 1.165) is 5.82 Å². The third kappa shape index (κ3) is 6.12. The number of nitrogens with one attached hydrogen (secondary N) is 2. The average Bonchev–Trinajstić information content (AvgIpc) is 3.17. The third-order valence-corrected chi connectivity index (χ3v) is 7.81. The van der Waals surface area contributed by atoms with Gasteiger partial charge in [-0.1, -0.05) is 23.4 Å². The van der Waals surface area contributed by atoms with Gasteiger partial charge >= 0.3 is 0 Å². The number of carbonyl (C=O) groups excluding carboxylic acids is 1. The van der Waals surface area contributed by atoms with Gasteiger partial charge in [-0.3, -0.25) is 9.89 Å². The Bertz CT molecular complexity index is 1010. The highest BCUT2D eigenvalue weighted by Gasteiger charge is 2.33. The summed E-state index contributed by atoms with van der Waals surface area (Å²) >= 11 is 7.60. The van der Waals surface area contributed by atoms with Crippen molar-refractivity contribution in [2.24, 2.45) is 5.92 Å². The number of hydrogen-bond donors (Lipinski definition) is 2. The van der Waals surface area contributed by atoms with Crippen molar-refractivity contribution in [3.05, 3.63) is 29.0 Å². The van der Waals surface area contributed by atoms with Crippen LogP contribution in [0.3, 0.4) is 0 Å². The maximum absolute atomic E-state index is 13.1. The molecule has 12 heteroatoms. The topological polar surface area (TPSA) is 117 Å². The number of aromatic amines is 1. The summed E-state index contributed by atoms with van der Waals surface area (Å²) in [4.78, 5) is 16.9. The first-order valence-electron chi connectivity index (χ1n) is 10.0. The van der Waals surface area contributed by atoms with Crippen LogP contribution >= 0.6 is 23.4 Å². The number of amides is 1. The Morgan fingerprint density at radius 1 is 1.45 bits per heavy atom. The molecule has 2 aromatic rings. The molecule has 1 aromatic carbocycles. The third-order valence-electron chi connectivity index (χ3n) is 4.81. The number of aryl methyl sites for hydroxylation is 1. The number of benzene rings is 1. The van der Waals surface area contributed by atoms with Crippen LogP contribution in [-0.4, -0.2) is 65.8 Å². The second-order valence-electron chi connectivity index (χ2n) is 7.07. The molecule has 2 heterocycles. The van der Waals surface area contributed by atoms with Crippen LogP contribution in [0.5, 0.6) is 5.75 Å². The number of sulfonamides is 1. The predicted molar refractivity (Wildman–Crippen MR) is 119 cm³/mol. The number of thioether (sulfide) groups is 1. The lowest BCUT2D eigenvalue weighted by atomic mass is 9.99. The molecule has 9 nitrogen and oxygen atoms in total. The Hall–Kier alpha value is -1.82. The summed E-state index contributed by atoms with van der Waals surface area (Å²) in [6, 6.07) is 4.44. The summed E-state index contributed by atoms with van der Waals surface area (Å²) in [7, 11) is -3.75. The molecule has 1 aliphatic heterocycles. The molecule has 3 rings (SSSR count). The zero-order valence-electron chi connectivity index (χ0n) is 17.4. The zero-order valence-corrected chi connectivity index (χ0v) is 19.8. The van der Waals surface area contributed by atoms with Crippen LogP contribution in [0.4, 0.5) is 0 Å². The molecule has 0 radical (unpaired) electrons. The van der Waals surface area contributed by atoms with Gasteiger partial charge in [0.25, 0.3) is 0 Å². The minimum absolute atomic E-state index is 0.0974. The molecule has 0 saturated carbocycles. The molecule has 1 unspecified atom stereocenters. The molecule has 1 aliphatic rings. The average molecular weight is 488 g/mol. The fourth-order valence-electron chi connectivity index (χ4n) is 3.29. The Morgan fingerprint density at radius 3 is 2.94 bits per heavy atom. The van der Waals surface area contributed by atoms with E-state index >= 15 is 0 Å². The fourth-order valence-corrected chi connectivity index (χ4v) is 5.83. The molecule has 1 fully saturated rings. The van der Waals surface area contributed by atoms with Crippen LogP contribution < -0.4 is 10.1 Å². The van der Waals surface area contributed by atoms with Crippen molar-refractivity contribution in [1.82, 2.24) is 24.8 Å². The number of halogens is 1. The molecular formula is C19H26ClN5O4S2. The molecule has 0 bridgehead atoms. The molecule has 0 spiro atoms. The molecule has 31 heavy (non-hydrogen) atoms. The van der Waals surface area contributed by atoms with Crippen LogP contribution in [-0.2, 0) is 14.8 Å². The molecule has 0 aliphatic carbocycles. The lowest BCUT2D eigenvalue weighted by molar-refractivity contribution is -0.125. The summed E-state index contributed by atoms with van der Waals surface area (Å²) in [6.07, 6.45) is 1.27. The molecule has 2 N–H and O–H groups in total. The molecule has 1 atom stereocenters. The van der Waals surface area contributed by atoms with Crippen LogP contribution in [0, 0.1) is 12.8 Å². The smallest absolute Gasteiger partial charge is 0.243 e. The lowest BCUT2D eigenvalue weighted by Gasteiger charge is -2.31. The number of hydrogen-bond acceptors (Lipinski definition) is 7. The molecular weight excluding hydrogens is 462 g/mol. The van der Waals surface area contributed by atoms with Crippen molar-refractivity contribution < 1.29 is 17.9 Å². The summed E-state index contributed by atoms with van der Waals surface area (Å²) in [5.74, 6) is 1.28. The highest BCUT2D eigenvalue weighted by Crippen LogP contribution is 2.30. The van der Waals surface area contributed by atoms with Crippen molar-refractivity contribution in [1.29, 1.82) is 0 Å². The normalized spacial score (nSPS) is 17.5. The maximum atomic E-state index is 13.1. The van der Waals surface area contributed by atoms with E-state index in [-0.39, 0.29) is 22.4 Å². The Morgan fingerprint density at radius 2 is 2.26 bits per heavy atom. The van der Waals surface area contributed by atoms with Crippen molar-refractivity contribution in [3.8, 4) is 5.75 Å². The molecule has 1 aromatic heterocycles. The minimum atomic E-state index is -3.75. The number of ether oxygens (including phenoxy) is 1. The first-order chi connectivity index (χ1) is 14.8. The van der Waals surface area contributed by atoms with E-state index in [1.165, 1.54) is 28.2 Å². The van der Waals surface area contributed by atoms with Gasteiger partial charge in [-0.2, -0.15) is 4.31 Å². The van der Waals surface area contributed by atoms with Gasteiger partial charge in [0.05, 0.1) is 22.4 Å². The van der Waals surface area contributed by atoms with Crippen molar-refractivity contribution in [3.63, 3.8) is 0 Å². The van der Waals surface area contributed by atoms with Crippen molar-refractivity contribution in [2.45, 2.75) is 36.7 Å². The van der Waals surface area contributed by atoms with Gasteiger partial charge in [0.1, 0.15) is 11.6 Å². The highest BCUT2D eigenvalue weighted by molar-refractivity contribution is 7.99. The zero-order chi connectivity index (χ0) is 22.4. The fraction of sp³-hybridized carbons (Fsp3) is 0.526. The van der Waals surface area contributed by atoms with E-state index in [2.05, 4.69) is 20.5 Å². The first kappa shape index (κ1) is 23.8. The number of carbonyl (C=O) groups is 1. The monoisotopic (exact) mass is 487 g/mol. The lowest BCUT2D eigenvalue weighted by Crippen LogP contribution is -2.45. The van der Waals surface area contributed by atoms with Gasteiger partial charge in [0.2, 0.25) is 21.1 Å². The van der Waals surface area contributed by atoms with Crippen molar-refractivity contribution in [2.75, 3.05) is 32.0 Å². The summed E-state index contributed by atoms with van der Waals surface area (Å²) in [6.45, 7) is 5.06. The van der Waals surface area contributed by atoms with Gasteiger partial charge in [-0.05, 0) is 44.9 Å². The highest BCUT2D eigenvalue weighted by atomic mass is 35.5. The van der Waals surface area contributed by atoms with Gasteiger partial charge < -0.3 is 10.1 Å².